The summed E-state index contributed by atoms with van der Waals surface area (Å²) in [5, 5.41) is 12.0. The van der Waals surface area contributed by atoms with E-state index in [1.165, 1.54) is 23.3 Å². The lowest BCUT2D eigenvalue weighted by Crippen LogP contribution is -2.68. The van der Waals surface area contributed by atoms with Crippen LogP contribution in [0.4, 0.5) is 25.2 Å². The molecule has 4 saturated heterocycles. The number of methoxy groups -OCH3 is 1. The summed E-state index contributed by atoms with van der Waals surface area (Å²) in [5.74, 6) is -1.49. The van der Waals surface area contributed by atoms with E-state index in [4.69, 9.17) is 23.9 Å². The minimum Gasteiger partial charge on any atom is -0.480 e. The molecule has 4 fully saturated rings. The van der Waals surface area contributed by atoms with E-state index in [-0.39, 0.29) is 42.8 Å². The molecule has 17 heteroatoms. The summed E-state index contributed by atoms with van der Waals surface area (Å²) in [5.41, 5.74) is 1.30. The quantitative estimate of drug-likeness (QED) is 0.361. The number of amides is 1. The first kappa shape index (κ1) is 33.3. The molecule has 1 amide bonds. The standard InChI is InChI=1S/C32H37F2N7O7S/c1-18-32(16-46-17-32)47-10-9-40(18)22-12-20(19-5-7-39(8-6-19)31(44)45-2)14-35-28(22)48-21-13-23(29(42)43)41(15-21)30-37-26(24-4-3-11-49-24)36-27(38-30)25(33)34/h3-4,11-12,14,18-19,21,23,25H,5-10,13,15-17H2,1-2H3,(H,42,43)/t18-,21-,23-/m0/s1. The van der Waals surface area contributed by atoms with Crippen molar-refractivity contribution in [3.63, 3.8) is 0 Å². The summed E-state index contributed by atoms with van der Waals surface area (Å²) in [7, 11) is 1.38. The van der Waals surface area contributed by atoms with E-state index < -0.39 is 36.0 Å². The number of hydrogen-bond acceptors (Lipinski definition) is 13. The molecule has 0 saturated carbocycles. The molecule has 0 unspecified atom stereocenters. The number of aliphatic carboxylic acids is 1. The van der Waals surface area contributed by atoms with Gasteiger partial charge in [0.15, 0.2) is 5.82 Å². The Kier molecular flexibility index (Phi) is 9.23. The number of carboxylic acid groups (broad SMARTS) is 1. The molecule has 3 aromatic heterocycles. The number of halogens is 2. The van der Waals surface area contributed by atoms with Crippen LogP contribution in [0, 0.1) is 0 Å². The number of thiophene rings is 1. The molecule has 0 radical (unpaired) electrons. The van der Waals surface area contributed by atoms with Crippen LogP contribution in [-0.4, -0.2) is 119 Å². The average Bonchev–Trinajstić information content (AvgIpc) is 3.79. The third-order valence-electron chi connectivity index (χ3n) is 9.87. The molecule has 49 heavy (non-hydrogen) atoms. The molecule has 4 aliphatic rings. The zero-order chi connectivity index (χ0) is 34.3. The molecule has 4 aliphatic heterocycles. The van der Waals surface area contributed by atoms with Gasteiger partial charge in [-0.1, -0.05) is 6.07 Å². The van der Waals surface area contributed by atoms with Crippen molar-refractivity contribution in [2.45, 2.75) is 62.3 Å². The van der Waals surface area contributed by atoms with Gasteiger partial charge in [-0.2, -0.15) is 9.97 Å². The second kappa shape index (κ2) is 13.6. The van der Waals surface area contributed by atoms with Crippen LogP contribution in [0.2, 0.25) is 0 Å². The van der Waals surface area contributed by atoms with Crippen LogP contribution in [0.25, 0.3) is 10.7 Å². The summed E-state index contributed by atoms with van der Waals surface area (Å²) in [6, 6.07) is 4.33. The molecule has 0 aliphatic carbocycles. The van der Waals surface area contributed by atoms with Gasteiger partial charge in [-0.15, -0.1) is 11.3 Å². The highest BCUT2D eigenvalue weighted by Gasteiger charge is 2.50. The summed E-state index contributed by atoms with van der Waals surface area (Å²) in [6.45, 7) is 5.22. The van der Waals surface area contributed by atoms with Gasteiger partial charge in [-0.3, -0.25) is 0 Å². The zero-order valence-corrected chi connectivity index (χ0v) is 27.9. The number of rotatable bonds is 8. The van der Waals surface area contributed by atoms with Crippen LogP contribution in [-0.2, 0) is 19.0 Å². The summed E-state index contributed by atoms with van der Waals surface area (Å²) >= 11 is 1.28. The molecule has 3 atom stereocenters. The number of pyridine rings is 1. The maximum absolute atomic E-state index is 13.9. The molecule has 0 aromatic carbocycles. The van der Waals surface area contributed by atoms with Crippen LogP contribution in [0.5, 0.6) is 5.88 Å². The van der Waals surface area contributed by atoms with E-state index in [0.29, 0.717) is 50.2 Å². The Labute approximate surface area is 285 Å². The Morgan fingerprint density at radius 1 is 1.14 bits per heavy atom. The van der Waals surface area contributed by atoms with Gasteiger partial charge in [0.1, 0.15) is 23.4 Å². The zero-order valence-electron chi connectivity index (χ0n) is 27.0. The molecule has 3 aromatic rings. The van der Waals surface area contributed by atoms with Crippen molar-refractivity contribution < 1.29 is 42.4 Å². The van der Waals surface area contributed by atoms with Crippen molar-refractivity contribution >= 4 is 35.0 Å². The number of carboxylic acids is 1. The van der Waals surface area contributed by atoms with Gasteiger partial charge < -0.3 is 38.8 Å². The Morgan fingerprint density at radius 3 is 2.59 bits per heavy atom. The fraction of sp³-hybridized carbons (Fsp3) is 0.562. The number of carbonyl (C=O) groups is 2. The molecule has 7 rings (SSSR count). The summed E-state index contributed by atoms with van der Waals surface area (Å²) in [4.78, 5) is 47.5. The third kappa shape index (κ3) is 6.46. The van der Waals surface area contributed by atoms with E-state index in [1.54, 1.807) is 28.6 Å². The predicted octanol–water partition coefficient (Wildman–Crippen LogP) is 3.98. The minimum absolute atomic E-state index is 0.0266. The Hall–Kier alpha value is -4.22. The van der Waals surface area contributed by atoms with Crippen molar-refractivity contribution in [1.29, 1.82) is 0 Å². The van der Waals surface area contributed by atoms with Gasteiger partial charge in [0.05, 0.1) is 44.4 Å². The first-order valence-electron chi connectivity index (χ1n) is 16.2. The first-order chi connectivity index (χ1) is 23.7. The molecular formula is C32H37F2N7O7S. The molecule has 7 heterocycles. The molecule has 1 N–H and O–H groups in total. The largest absolute Gasteiger partial charge is 0.480 e. The fourth-order valence-electron chi connectivity index (χ4n) is 7.02. The van der Waals surface area contributed by atoms with Gasteiger partial charge in [0.25, 0.3) is 6.43 Å². The van der Waals surface area contributed by atoms with Gasteiger partial charge >= 0.3 is 12.1 Å². The minimum atomic E-state index is -2.98. The fourth-order valence-corrected chi connectivity index (χ4v) is 7.68. The van der Waals surface area contributed by atoms with E-state index in [0.717, 1.165) is 24.1 Å². The first-order valence-corrected chi connectivity index (χ1v) is 17.1. The van der Waals surface area contributed by atoms with Crippen LogP contribution in [0.3, 0.4) is 0 Å². The van der Waals surface area contributed by atoms with Crippen LogP contribution in [0.15, 0.2) is 29.8 Å². The second-order valence-electron chi connectivity index (χ2n) is 12.7. The Balaban J connectivity index is 1.18. The Morgan fingerprint density at radius 2 is 1.94 bits per heavy atom. The molecule has 14 nitrogen and oxygen atoms in total. The van der Waals surface area contributed by atoms with Gasteiger partial charge in [-0.05, 0) is 48.8 Å². The van der Waals surface area contributed by atoms with Crippen LogP contribution >= 0.6 is 11.3 Å². The lowest BCUT2D eigenvalue weighted by molar-refractivity contribution is -0.228. The van der Waals surface area contributed by atoms with E-state index >= 15 is 0 Å². The van der Waals surface area contributed by atoms with Crippen molar-refractivity contribution in [2.24, 2.45) is 0 Å². The number of anilines is 2. The van der Waals surface area contributed by atoms with Crippen molar-refractivity contribution in [1.82, 2.24) is 24.8 Å². The number of carbonyl (C=O) groups excluding carboxylic acids is 1. The average molecular weight is 702 g/mol. The highest BCUT2D eigenvalue weighted by atomic mass is 32.1. The third-order valence-corrected chi connectivity index (χ3v) is 10.7. The predicted molar refractivity (Wildman–Crippen MR) is 172 cm³/mol. The number of alkyl halides is 2. The highest BCUT2D eigenvalue weighted by Crippen LogP contribution is 2.41. The number of hydrogen-bond donors (Lipinski definition) is 1. The van der Waals surface area contributed by atoms with Crippen molar-refractivity contribution in [2.75, 3.05) is 62.9 Å². The summed E-state index contributed by atoms with van der Waals surface area (Å²) < 4.78 is 50.9. The number of nitrogens with zero attached hydrogens (tertiary/aromatic N) is 7. The maximum Gasteiger partial charge on any atom is 0.409 e. The molecule has 1 spiro atoms. The lowest BCUT2D eigenvalue weighted by Gasteiger charge is -2.53. The SMILES string of the molecule is COC(=O)N1CCC(c2cnc(O[C@H]3C[C@@H](C(=O)O)N(c4nc(-c5cccs5)nc(C(F)F)n4)C3)c(N3CCOC4(COC4)[C@@H]3C)c2)CC1. The van der Waals surface area contributed by atoms with E-state index in [1.807, 2.05) is 0 Å². The molecular weight excluding hydrogens is 664 g/mol. The second-order valence-corrected chi connectivity index (χ2v) is 13.6. The normalized spacial score (nSPS) is 23.9. The van der Waals surface area contributed by atoms with Crippen LogP contribution < -0.4 is 14.5 Å². The highest BCUT2D eigenvalue weighted by molar-refractivity contribution is 7.13. The van der Waals surface area contributed by atoms with Gasteiger partial charge in [0, 0.05) is 32.3 Å². The number of morpholine rings is 1. The summed E-state index contributed by atoms with van der Waals surface area (Å²) in [6.07, 6.45) is -0.681. The van der Waals surface area contributed by atoms with Gasteiger partial charge in [0.2, 0.25) is 17.7 Å². The lowest BCUT2D eigenvalue weighted by atomic mass is 9.88. The maximum atomic E-state index is 13.9. The van der Waals surface area contributed by atoms with Crippen LogP contribution in [0.1, 0.15) is 49.9 Å². The molecule has 262 valence electrons. The number of ether oxygens (including phenoxy) is 4. The topological polar surface area (TPSA) is 153 Å². The monoisotopic (exact) mass is 701 g/mol. The number of aromatic nitrogens is 4. The van der Waals surface area contributed by atoms with E-state index in [9.17, 15) is 23.5 Å². The van der Waals surface area contributed by atoms with Gasteiger partial charge in [-0.25, -0.2) is 28.3 Å². The van der Waals surface area contributed by atoms with E-state index in [2.05, 4.69) is 32.8 Å². The molecule has 0 bridgehead atoms. The van der Waals surface area contributed by atoms with Crippen molar-refractivity contribution in [3.8, 4) is 16.6 Å². The Bertz CT molecular complexity index is 1670. The number of likely N-dealkylation sites (tertiary alicyclic amines) is 1. The van der Waals surface area contributed by atoms with Crippen molar-refractivity contribution in [3.05, 3.63) is 41.2 Å². The smallest absolute Gasteiger partial charge is 0.409 e. The number of piperidine rings is 1.